The Kier molecular flexibility index (Phi) is 9.41. The largest absolute Gasteiger partial charge is 0.496 e. The van der Waals surface area contributed by atoms with Gasteiger partial charge in [0.15, 0.2) is 5.78 Å². The van der Waals surface area contributed by atoms with Gasteiger partial charge in [-0.2, -0.15) is 0 Å². The van der Waals surface area contributed by atoms with E-state index in [-0.39, 0.29) is 55.7 Å². The Morgan fingerprint density at radius 3 is 2.59 bits per heavy atom. The Balaban J connectivity index is 1.76. The lowest BCUT2D eigenvalue weighted by Gasteiger charge is -2.24. The van der Waals surface area contributed by atoms with Crippen LogP contribution >= 0.6 is 11.6 Å². The third-order valence-electron chi connectivity index (χ3n) is 6.43. The standard InChI is InChI=1S/C27H29ClN2O7/c1-3-16(25(33)29-22-7-5-4-6-21(22)27(35)36)14-24(32)30-15-20(31)10-8-17(26(30)34)12-18-13-19(28)9-11-23(18)37-2/h4-7,9,11,13,16-17H,3,8,10,12,14-15H2,1-2H3,(H,29,33)(H,35,36)/t16-,17?/m0/s1. The molecule has 0 aromatic heterocycles. The second-order valence-electron chi connectivity index (χ2n) is 8.90. The zero-order valence-electron chi connectivity index (χ0n) is 20.7. The van der Waals surface area contributed by atoms with Crippen LogP contribution in [0.2, 0.25) is 5.02 Å². The number of likely N-dealkylation sites (tertiary alicyclic amines) is 1. The molecule has 2 aromatic rings. The predicted octanol–water partition coefficient (Wildman–Crippen LogP) is 3.98. The summed E-state index contributed by atoms with van der Waals surface area (Å²) in [6.45, 7) is 1.37. The molecule has 2 aromatic carbocycles. The average Bonchev–Trinajstić information content (AvgIpc) is 3.01. The Labute approximate surface area is 219 Å². The van der Waals surface area contributed by atoms with E-state index >= 15 is 0 Å². The number of hydrogen-bond donors (Lipinski definition) is 2. The molecule has 196 valence electrons. The summed E-state index contributed by atoms with van der Waals surface area (Å²) in [6, 6.07) is 11.0. The molecular weight excluding hydrogens is 500 g/mol. The van der Waals surface area contributed by atoms with Crippen LogP contribution in [0.1, 0.15) is 48.5 Å². The molecule has 1 saturated heterocycles. The van der Waals surface area contributed by atoms with E-state index in [4.69, 9.17) is 16.3 Å². The van der Waals surface area contributed by atoms with Crippen molar-refractivity contribution < 1.29 is 33.8 Å². The second-order valence-corrected chi connectivity index (χ2v) is 9.34. The van der Waals surface area contributed by atoms with Crippen LogP contribution in [-0.4, -0.2) is 53.1 Å². The Bertz CT molecular complexity index is 1210. The van der Waals surface area contributed by atoms with E-state index < -0.39 is 35.5 Å². The van der Waals surface area contributed by atoms with Crippen LogP contribution < -0.4 is 10.1 Å². The molecule has 0 saturated carbocycles. The molecule has 1 heterocycles. The number of halogens is 1. The molecule has 9 nitrogen and oxygen atoms in total. The summed E-state index contributed by atoms with van der Waals surface area (Å²) < 4.78 is 5.37. The van der Waals surface area contributed by atoms with Gasteiger partial charge in [0.05, 0.1) is 24.9 Å². The molecule has 1 fully saturated rings. The third-order valence-corrected chi connectivity index (χ3v) is 6.67. The zero-order chi connectivity index (χ0) is 27.1. The molecule has 10 heteroatoms. The summed E-state index contributed by atoms with van der Waals surface area (Å²) in [5.74, 6) is -4.01. The minimum Gasteiger partial charge on any atom is -0.496 e. The number of benzene rings is 2. The van der Waals surface area contributed by atoms with Crippen LogP contribution in [0.3, 0.4) is 0 Å². The lowest BCUT2D eigenvalue weighted by atomic mass is 9.93. The number of carbonyl (C=O) groups excluding carboxylic acids is 4. The fourth-order valence-electron chi connectivity index (χ4n) is 4.34. The normalized spacial score (nSPS) is 16.6. The van der Waals surface area contributed by atoms with E-state index in [2.05, 4.69) is 5.32 Å². The number of para-hydroxylation sites is 1. The Hall–Kier alpha value is -3.72. The highest BCUT2D eigenvalue weighted by Crippen LogP contribution is 2.29. The molecule has 1 unspecified atom stereocenters. The van der Waals surface area contributed by atoms with Crippen molar-refractivity contribution in [2.45, 2.75) is 39.0 Å². The number of imide groups is 1. The van der Waals surface area contributed by atoms with Gasteiger partial charge in [0.1, 0.15) is 5.75 Å². The molecule has 37 heavy (non-hydrogen) atoms. The van der Waals surface area contributed by atoms with Crippen molar-refractivity contribution in [3.05, 3.63) is 58.6 Å². The first-order valence-corrected chi connectivity index (χ1v) is 12.3. The monoisotopic (exact) mass is 528 g/mol. The first-order valence-electron chi connectivity index (χ1n) is 12.0. The Morgan fingerprint density at radius 1 is 1.19 bits per heavy atom. The van der Waals surface area contributed by atoms with E-state index in [9.17, 15) is 29.1 Å². The molecule has 2 N–H and O–H groups in total. The number of anilines is 1. The topological polar surface area (TPSA) is 130 Å². The SMILES string of the molecule is CC[C@@H](CC(=O)N1CC(=O)CCC(Cc2cc(Cl)ccc2OC)C1=O)C(=O)Nc1ccccc1C(=O)O. The summed E-state index contributed by atoms with van der Waals surface area (Å²) >= 11 is 6.12. The summed E-state index contributed by atoms with van der Waals surface area (Å²) in [4.78, 5) is 64.3. The molecule has 0 spiro atoms. The summed E-state index contributed by atoms with van der Waals surface area (Å²) in [7, 11) is 1.51. The maximum Gasteiger partial charge on any atom is 0.337 e. The quantitative estimate of drug-likeness (QED) is 0.503. The number of carbonyl (C=O) groups is 5. The van der Waals surface area contributed by atoms with E-state index in [1.165, 1.54) is 25.3 Å². The number of hydrogen-bond acceptors (Lipinski definition) is 6. The van der Waals surface area contributed by atoms with Crippen LogP contribution in [0.15, 0.2) is 42.5 Å². The van der Waals surface area contributed by atoms with Crippen LogP contribution in [0.25, 0.3) is 0 Å². The number of nitrogens with zero attached hydrogens (tertiary/aromatic N) is 1. The van der Waals surface area contributed by atoms with E-state index in [1.54, 1.807) is 31.2 Å². The lowest BCUT2D eigenvalue weighted by molar-refractivity contribution is -0.149. The second kappa shape index (κ2) is 12.5. The van der Waals surface area contributed by atoms with Gasteiger partial charge in [-0.3, -0.25) is 24.1 Å². The molecule has 0 aliphatic carbocycles. The number of methoxy groups -OCH3 is 1. The van der Waals surface area contributed by atoms with Crippen molar-refractivity contribution in [2.24, 2.45) is 11.8 Å². The van der Waals surface area contributed by atoms with Crippen molar-refractivity contribution in [3.8, 4) is 5.75 Å². The van der Waals surface area contributed by atoms with Crippen LogP contribution in [-0.2, 0) is 25.6 Å². The van der Waals surface area contributed by atoms with Crippen molar-refractivity contribution in [1.82, 2.24) is 4.90 Å². The third kappa shape index (κ3) is 6.95. The van der Waals surface area contributed by atoms with Gasteiger partial charge < -0.3 is 15.2 Å². The molecular formula is C27H29ClN2O7. The number of aromatic carboxylic acids is 1. The highest BCUT2D eigenvalue weighted by Gasteiger charge is 2.36. The summed E-state index contributed by atoms with van der Waals surface area (Å²) in [5.41, 5.74) is 0.727. The fourth-order valence-corrected chi connectivity index (χ4v) is 4.54. The van der Waals surface area contributed by atoms with Gasteiger partial charge in [0, 0.05) is 29.7 Å². The molecule has 2 atom stereocenters. The van der Waals surface area contributed by atoms with Gasteiger partial charge >= 0.3 is 5.97 Å². The average molecular weight is 529 g/mol. The van der Waals surface area contributed by atoms with E-state index in [1.807, 2.05) is 0 Å². The van der Waals surface area contributed by atoms with Gasteiger partial charge in [-0.15, -0.1) is 0 Å². The highest BCUT2D eigenvalue weighted by molar-refractivity contribution is 6.30. The highest BCUT2D eigenvalue weighted by atomic mass is 35.5. The van der Waals surface area contributed by atoms with Crippen molar-refractivity contribution in [2.75, 3.05) is 19.0 Å². The van der Waals surface area contributed by atoms with Crippen LogP contribution in [0, 0.1) is 11.8 Å². The number of carboxylic acids is 1. The van der Waals surface area contributed by atoms with Gasteiger partial charge in [0.25, 0.3) is 0 Å². The number of rotatable bonds is 9. The lowest BCUT2D eigenvalue weighted by Crippen LogP contribution is -2.43. The number of ketones is 1. The van der Waals surface area contributed by atoms with Gasteiger partial charge in [-0.25, -0.2) is 4.79 Å². The first kappa shape index (κ1) is 27.9. The predicted molar refractivity (Wildman–Crippen MR) is 137 cm³/mol. The number of amides is 3. The number of Topliss-reactive ketones (excluding diaryl/α,β-unsaturated/α-hetero) is 1. The maximum atomic E-state index is 13.4. The van der Waals surface area contributed by atoms with Crippen LogP contribution in [0.4, 0.5) is 5.69 Å². The summed E-state index contributed by atoms with van der Waals surface area (Å²) in [5, 5.41) is 12.4. The van der Waals surface area contributed by atoms with Gasteiger partial charge in [-0.05, 0) is 55.2 Å². The molecule has 1 aliphatic heterocycles. The number of carboxylic acid groups (broad SMARTS) is 1. The number of nitrogens with one attached hydrogen (secondary N) is 1. The van der Waals surface area contributed by atoms with Crippen molar-refractivity contribution in [1.29, 1.82) is 0 Å². The molecule has 1 aliphatic rings. The van der Waals surface area contributed by atoms with E-state index in [0.717, 1.165) is 4.90 Å². The maximum absolute atomic E-state index is 13.4. The van der Waals surface area contributed by atoms with Gasteiger partial charge in [0.2, 0.25) is 17.7 Å². The molecule has 3 amide bonds. The molecule has 0 bridgehead atoms. The number of ether oxygens (including phenoxy) is 1. The minimum atomic E-state index is -1.20. The van der Waals surface area contributed by atoms with Crippen molar-refractivity contribution >= 4 is 46.8 Å². The molecule has 0 radical (unpaired) electrons. The fraction of sp³-hybridized carbons (Fsp3) is 0.370. The van der Waals surface area contributed by atoms with E-state index in [0.29, 0.717) is 16.3 Å². The van der Waals surface area contributed by atoms with Crippen LogP contribution in [0.5, 0.6) is 5.75 Å². The van der Waals surface area contributed by atoms with Crippen molar-refractivity contribution in [3.63, 3.8) is 0 Å². The minimum absolute atomic E-state index is 0.0791. The van der Waals surface area contributed by atoms with Gasteiger partial charge in [-0.1, -0.05) is 30.7 Å². The zero-order valence-corrected chi connectivity index (χ0v) is 21.4. The smallest absolute Gasteiger partial charge is 0.337 e. The Morgan fingerprint density at radius 2 is 1.92 bits per heavy atom. The summed E-state index contributed by atoms with van der Waals surface area (Å²) in [6.07, 6.45) is 0.631. The first-order chi connectivity index (χ1) is 17.6. The molecule has 3 rings (SSSR count).